The minimum Gasteiger partial charge on any atom is -0.466 e. The van der Waals surface area contributed by atoms with Gasteiger partial charge in [-0.05, 0) is 32.4 Å². The van der Waals surface area contributed by atoms with Crippen molar-refractivity contribution < 1.29 is 24.5 Å². The number of methoxy groups -OCH3 is 1. The fourth-order valence-electron chi connectivity index (χ4n) is 4.43. The molecule has 1 atom stereocenters. The fraction of sp³-hybridized carbons (Fsp3) is 0.500. The first-order valence-electron chi connectivity index (χ1n) is 11.1. The van der Waals surface area contributed by atoms with E-state index in [0.29, 0.717) is 33.1 Å². The molecule has 0 aliphatic carbocycles. The Labute approximate surface area is 210 Å². The summed E-state index contributed by atoms with van der Waals surface area (Å²) in [6.45, 7) is 13.3. The summed E-state index contributed by atoms with van der Waals surface area (Å²) in [5, 5.41) is 3.66. The average Bonchev–Trinajstić information content (AvgIpc) is 2.82. The van der Waals surface area contributed by atoms with Crippen molar-refractivity contribution in [2.45, 2.75) is 26.7 Å². The van der Waals surface area contributed by atoms with E-state index in [-0.39, 0.29) is 17.1 Å². The van der Waals surface area contributed by atoms with Gasteiger partial charge in [-0.25, -0.2) is 9.59 Å². The predicted octanol–water partition coefficient (Wildman–Crippen LogP) is 2.76. The van der Waals surface area contributed by atoms with Crippen molar-refractivity contribution in [2.75, 3.05) is 53.0 Å². The second-order valence-electron chi connectivity index (χ2n) is 8.17. The van der Waals surface area contributed by atoms with E-state index in [9.17, 15) is 9.59 Å². The van der Waals surface area contributed by atoms with E-state index in [0.717, 1.165) is 0 Å². The molecule has 0 saturated carbocycles. The van der Waals surface area contributed by atoms with Crippen LogP contribution in [0.4, 0.5) is 0 Å². The Morgan fingerprint density at radius 1 is 0.971 bits per heavy atom. The van der Waals surface area contributed by atoms with Crippen molar-refractivity contribution in [1.82, 2.24) is 15.1 Å². The molecule has 3 fully saturated rings. The molecule has 8 nitrogen and oxygen atoms in total. The maximum Gasteiger partial charge on any atom is 0.336 e. The largest absolute Gasteiger partial charge is 0.466 e. The third kappa shape index (κ3) is 6.12. The molecule has 0 spiro atoms. The summed E-state index contributed by atoms with van der Waals surface area (Å²) in [6, 6.07) is 5.09. The van der Waals surface area contributed by atoms with Crippen molar-refractivity contribution in [1.29, 1.82) is 0 Å². The molecule has 2 bridgehead atoms. The van der Waals surface area contributed by atoms with Crippen LogP contribution in [-0.2, 0) is 19.1 Å². The smallest absolute Gasteiger partial charge is 0.336 e. The number of rotatable bonds is 4. The highest BCUT2D eigenvalue weighted by atomic mass is 35.5. The summed E-state index contributed by atoms with van der Waals surface area (Å²) < 4.78 is 10.1. The topological polar surface area (TPSA) is 103 Å². The lowest BCUT2D eigenvalue weighted by Crippen LogP contribution is -2.55. The number of hydrogen-bond acceptors (Lipinski definition) is 7. The number of benzene rings is 1. The second kappa shape index (κ2) is 12.6. The van der Waals surface area contributed by atoms with Gasteiger partial charge < -0.3 is 20.3 Å². The summed E-state index contributed by atoms with van der Waals surface area (Å²) >= 11 is 12.5. The van der Waals surface area contributed by atoms with E-state index in [1.54, 1.807) is 39.0 Å². The molecule has 3 saturated heterocycles. The van der Waals surface area contributed by atoms with Crippen LogP contribution in [-0.4, -0.2) is 80.2 Å². The zero-order chi connectivity index (χ0) is 24.1. The van der Waals surface area contributed by atoms with Crippen LogP contribution in [0.1, 0.15) is 32.3 Å². The van der Waals surface area contributed by atoms with E-state index < -0.39 is 17.9 Å². The van der Waals surface area contributed by atoms with Crippen LogP contribution >= 0.6 is 23.2 Å². The van der Waals surface area contributed by atoms with Crippen molar-refractivity contribution in [3.8, 4) is 0 Å². The van der Waals surface area contributed by atoms with Gasteiger partial charge in [0.1, 0.15) is 0 Å². The van der Waals surface area contributed by atoms with Crippen LogP contribution in [0.2, 0.25) is 10.0 Å². The monoisotopic (exact) mass is 513 g/mol. The van der Waals surface area contributed by atoms with Gasteiger partial charge >= 0.3 is 11.9 Å². The summed E-state index contributed by atoms with van der Waals surface area (Å²) in [6.07, 6.45) is 0. The Morgan fingerprint density at radius 2 is 1.47 bits per heavy atom. The van der Waals surface area contributed by atoms with Crippen LogP contribution in [0, 0.1) is 0 Å². The minimum absolute atomic E-state index is 0. The molecule has 10 heteroatoms. The van der Waals surface area contributed by atoms with Gasteiger partial charge in [0.05, 0.1) is 40.8 Å². The summed E-state index contributed by atoms with van der Waals surface area (Å²) in [4.78, 5) is 30.1. The number of halogens is 2. The zero-order valence-electron chi connectivity index (χ0n) is 20.0. The van der Waals surface area contributed by atoms with Gasteiger partial charge in [0.15, 0.2) is 0 Å². The zero-order valence-corrected chi connectivity index (χ0v) is 21.6. The Kier molecular flexibility index (Phi) is 10.4. The number of nitrogens with zero attached hydrogens (tertiary/aromatic N) is 2. The van der Waals surface area contributed by atoms with Crippen molar-refractivity contribution in [3.05, 3.63) is 56.3 Å². The van der Waals surface area contributed by atoms with Crippen LogP contribution in [0.15, 0.2) is 40.7 Å². The molecule has 0 unspecified atom stereocenters. The van der Waals surface area contributed by atoms with E-state index in [2.05, 4.69) is 15.1 Å². The molecular formula is C24H33Cl2N3O5. The van der Waals surface area contributed by atoms with Crippen LogP contribution < -0.4 is 5.32 Å². The molecule has 1 aromatic carbocycles. The molecule has 4 heterocycles. The number of carbonyl (C=O) groups is 2. The number of esters is 2. The molecule has 1 aromatic rings. The number of dihydropyridines is 1. The van der Waals surface area contributed by atoms with Crippen molar-refractivity contribution in [3.63, 3.8) is 0 Å². The Hall–Kier alpha value is -2.10. The molecule has 4 aliphatic heterocycles. The van der Waals surface area contributed by atoms with Crippen LogP contribution in [0.5, 0.6) is 0 Å². The standard InChI is InChI=1S/C18H19Cl2NO4.C6H12N2.H2O/c1-5-25-18(23)14-10(3)21-9(2)13(17(22)24-4)15(14)11-7-6-8-12(19)16(11)20;1-2-8-5-3-7(1)4-6-8;/h6-8,15,21H,5H2,1-4H3;1-6H2;1H2/t15-;;/m1../s1. The molecule has 5 rings (SSSR count). The van der Waals surface area contributed by atoms with Crippen LogP contribution in [0.25, 0.3) is 0 Å². The van der Waals surface area contributed by atoms with Gasteiger partial charge in [0.2, 0.25) is 0 Å². The SMILES string of the molecule is C1CN2CCN1CC2.CCOC(=O)C1=C(C)NC(C)=C(C(=O)OC)[C@H]1c1cccc(Cl)c1Cl.O. The first-order chi connectivity index (χ1) is 15.8. The predicted molar refractivity (Wildman–Crippen MR) is 133 cm³/mol. The summed E-state index contributed by atoms with van der Waals surface area (Å²) in [5.41, 5.74) is 2.30. The Bertz CT molecular complexity index is 948. The third-order valence-electron chi connectivity index (χ3n) is 6.15. The average molecular weight is 514 g/mol. The minimum atomic E-state index is -0.737. The molecule has 3 N–H and O–H groups in total. The summed E-state index contributed by atoms with van der Waals surface area (Å²) in [5.74, 6) is -1.82. The van der Waals surface area contributed by atoms with Crippen molar-refractivity contribution >= 4 is 35.1 Å². The van der Waals surface area contributed by atoms with E-state index >= 15 is 0 Å². The molecule has 0 amide bonds. The lowest BCUT2D eigenvalue weighted by Gasteiger charge is -2.41. The second-order valence-corrected chi connectivity index (χ2v) is 8.96. The quantitative estimate of drug-likeness (QED) is 0.617. The van der Waals surface area contributed by atoms with E-state index in [1.807, 2.05) is 0 Å². The molecule has 4 aliphatic rings. The number of ether oxygens (including phenoxy) is 2. The lowest BCUT2D eigenvalue weighted by atomic mass is 9.80. The molecular weight excluding hydrogens is 481 g/mol. The molecule has 188 valence electrons. The maximum absolute atomic E-state index is 12.6. The molecule has 0 aromatic heterocycles. The fourth-order valence-corrected chi connectivity index (χ4v) is 4.84. The third-order valence-corrected chi connectivity index (χ3v) is 6.98. The summed E-state index contributed by atoms with van der Waals surface area (Å²) in [7, 11) is 1.29. The first kappa shape index (κ1) is 28.1. The number of fused-ring (bicyclic) bond motifs is 3. The Balaban J connectivity index is 0.000000377. The van der Waals surface area contributed by atoms with Gasteiger partial charge in [-0.15, -0.1) is 0 Å². The lowest BCUT2D eigenvalue weighted by molar-refractivity contribution is -0.139. The highest BCUT2D eigenvalue weighted by molar-refractivity contribution is 6.42. The molecule has 0 radical (unpaired) electrons. The van der Waals surface area contributed by atoms with E-state index in [4.69, 9.17) is 32.7 Å². The van der Waals surface area contributed by atoms with Gasteiger partial charge in [0.25, 0.3) is 0 Å². The normalized spacial score (nSPS) is 23.3. The Morgan fingerprint density at radius 3 is 1.91 bits per heavy atom. The van der Waals surface area contributed by atoms with Gasteiger partial charge in [-0.1, -0.05) is 35.3 Å². The number of allylic oxidation sites excluding steroid dienone is 2. The maximum atomic E-state index is 12.6. The number of carbonyl (C=O) groups excluding carboxylic acids is 2. The van der Waals surface area contributed by atoms with Crippen molar-refractivity contribution in [2.24, 2.45) is 0 Å². The van der Waals surface area contributed by atoms with Gasteiger partial charge in [-0.3, -0.25) is 9.80 Å². The number of hydrogen-bond donors (Lipinski definition) is 1. The number of piperazine rings is 3. The van der Waals surface area contributed by atoms with Gasteiger partial charge in [-0.2, -0.15) is 0 Å². The first-order valence-corrected chi connectivity index (χ1v) is 11.9. The highest BCUT2D eigenvalue weighted by Gasteiger charge is 2.38. The van der Waals surface area contributed by atoms with Gasteiger partial charge in [0, 0.05) is 50.7 Å². The van der Waals surface area contributed by atoms with E-state index in [1.165, 1.54) is 46.4 Å². The van der Waals surface area contributed by atoms with Crippen LogP contribution in [0.3, 0.4) is 0 Å². The molecule has 34 heavy (non-hydrogen) atoms. The highest BCUT2D eigenvalue weighted by Crippen LogP contribution is 2.43. The number of nitrogens with one attached hydrogen (secondary N) is 1.